The zero-order valence-electron chi connectivity index (χ0n) is 9.13. The van der Waals surface area contributed by atoms with Gasteiger partial charge in [-0.15, -0.1) is 0 Å². The van der Waals surface area contributed by atoms with Crippen molar-refractivity contribution < 1.29 is 4.79 Å². The first-order valence-corrected chi connectivity index (χ1v) is 7.70. The molecule has 0 radical (unpaired) electrons. The number of Topliss-reactive ketones (excluding diaryl/α,β-unsaturated/α-hetero) is 1. The van der Waals surface area contributed by atoms with Gasteiger partial charge in [-0.3, -0.25) is 4.79 Å². The largest absolute Gasteiger partial charge is 0.558 e. The van der Waals surface area contributed by atoms with Crippen molar-refractivity contribution >= 4 is 73.0 Å². The fraction of sp³-hybridized carbons (Fsp3) is 0.364. The fourth-order valence-electron chi connectivity index (χ4n) is 1.39. The summed E-state index contributed by atoms with van der Waals surface area (Å²) in [5, 5.41) is 0.274. The Morgan fingerprint density at radius 1 is 0.833 bits per heavy atom. The third-order valence-corrected chi connectivity index (χ3v) is 4.95. The van der Waals surface area contributed by atoms with Gasteiger partial charge in [-0.25, -0.2) is 0 Å². The van der Waals surface area contributed by atoms with Crippen LogP contribution in [-0.4, -0.2) is 11.9 Å². The van der Waals surface area contributed by atoms with Gasteiger partial charge >= 0.3 is 0 Å². The van der Waals surface area contributed by atoms with E-state index in [-0.39, 0.29) is 36.5 Å². The molecule has 0 saturated carbocycles. The minimum absolute atomic E-state index is 0.0520. The van der Waals surface area contributed by atoms with Gasteiger partial charge in [0.15, 0.2) is 5.78 Å². The van der Waals surface area contributed by atoms with Crippen LogP contribution < -0.4 is 0 Å². The summed E-state index contributed by atoms with van der Waals surface area (Å²) in [5.41, 5.74) is 0.145. The molecule has 7 heteroatoms. The average molecular weight is 365 g/mol. The van der Waals surface area contributed by atoms with Gasteiger partial charge in [0.1, 0.15) is 0 Å². The fourth-order valence-corrected chi connectivity index (χ4v) is 2.98. The van der Waals surface area contributed by atoms with E-state index in [9.17, 15) is 4.79 Å². The number of carbonyl (C=O) groups is 1. The van der Waals surface area contributed by atoms with E-state index in [1.54, 1.807) is 0 Å². The van der Waals surface area contributed by atoms with E-state index in [1.807, 2.05) is 0 Å². The predicted octanol–water partition coefficient (Wildman–Crippen LogP) is 6.45. The highest BCUT2D eigenvalue weighted by Gasteiger charge is 2.23. The van der Waals surface area contributed by atoms with Gasteiger partial charge in [0.2, 0.25) is 0 Å². The summed E-state index contributed by atoms with van der Waals surface area (Å²) in [4.78, 5) is 12.0. The smallest absolute Gasteiger partial charge is 0.165 e. The molecule has 0 saturated heterocycles. The van der Waals surface area contributed by atoms with Crippen molar-refractivity contribution in [3.63, 3.8) is 0 Å². The number of ketones is 1. The number of halogens is 5. The SMILES string of the molecule is O=C(CCCC[PH-])c1c(Cl)c(Cl)c(Cl)c(Cl)c1Cl. The zero-order chi connectivity index (χ0) is 13.9. The van der Waals surface area contributed by atoms with Gasteiger partial charge in [-0.1, -0.05) is 64.4 Å². The van der Waals surface area contributed by atoms with Crippen LogP contribution in [0.1, 0.15) is 29.6 Å². The van der Waals surface area contributed by atoms with Crippen LogP contribution in [0.4, 0.5) is 0 Å². The number of carbonyl (C=O) groups excluding carboxylic acids is 1. The van der Waals surface area contributed by atoms with Crippen LogP contribution >= 0.6 is 67.2 Å². The molecule has 0 aromatic heterocycles. The van der Waals surface area contributed by atoms with E-state index >= 15 is 0 Å². The normalized spacial score (nSPS) is 10.8. The second-order valence-electron chi connectivity index (χ2n) is 3.58. The first-order valence-electron chi connectivity index (χ1n) is 5.11. The van der Waals surface area contributed by atoms with Gasteiger partial charge in [-0.2, -0.15) is 6.16 Å². The number of unbranched alkanes of at least 4 members (excludes halogenated alkanes) is 1. The molecule has 0 N–H and O–H groups in total. The Balaban J connectivity index is 3.13. The lowest BCUT2D eigenvalue weighted by Crippen LogP contribution is -2.03. The lowest BCUT2D eigenvalue weighted by molar-refractivity contribution is 0.0980. The molecule has 1 nitrogen and oxygen atoms in total. The third-order valence-electron chi connectivity index (χ3n) is 2.32. The Morgan fingerprint density at radius 2 is 1.28 bits per heavy atom. The second-order valence-corrected chi connectivity index (χ2v) is 5.97. The summed E-state index contributed by atoms with van der Waals surface area (Å²) in [6.07, 6.45) is 2.77. The van der Waals surface area contributed by atoms with Crippen LogP contribution in [0.15, 0.2) is 0 Å². The maximum absolute atomic E-state index is 12.0. The zero-order valence-corrected chi connectivity index (χ0v) is 13.9. The average Bonchev–Trinajstić information content (AvgIpc) is 2.34. The minimum Gasteiger partial charge on any atom is -0.558 e. The molecule has 1 rings (SSSR count). The van der Waals surface area contributed by atoms with E-state index in [1.165, 1.54) is 0 Å². The molecular formula is C11H9Cl5OP-. The summed E-state index contributed by atoms with van der Waals surface area (Å²) in [6, 6.07) is 0. The number of benzene rings is 1. The molecule has 0 aliphatic carbocycles. The topological polar surface area (TPSA) is 17.1 Å². The quantitative estimate of drug-likeness (QED) is 0.193. The third kappa shape index (κ3) is 3.66. The number of hydrogen-bond acceptors (Lipinski definition) is 1. The molecule has 0 atom stereocenters. The molecule has 0 unspecified atom stereocenters. The Bertz CT molecular complexity index is 446. The maximum atomic E-state index is 12.0. The molecular weight excluding hydrogens is 356 g/mol. The van der Waals surface area contributed by atoms with Gasteiger partial charge in [0.05, 0.1) is 30.7 Å². The van der Waals surface area contributed by atoms with E-state index in [4.69, 9.17) is 58.0 Å². The molecule has 0 amide bonds. The first-order chi connectivity index (χ1) is 8.41. The highest BCUT2D eigenvalue weighted by atomic mass is 35.5. The summed E-state index contributed by atoms with van der Waals surface area (Å²) in [6.45, 7) is 0. The van der Waals surface area contributed by atoms with E-state index in [2.05, 4.69) is 9.24 Å². The van der Waals surface area contributed by atoms with Crippen molar-refractivity contribution in [2.24, 2.45) is 0 Å². The molecule has 18 heavy (non-hydrogen) atoms. The number of hydrogen-bond donors (Lipinski definition) is 0. The van der Waals surface area contributed by atoms with Crippen LogP contribution in [0.3, 0.4) is 0 Å². The Hall–Kier alpha value is 0.770. The molecule has 0 fully saturated rings. The van der Waals surface area contributed by atoms with Crippen molar-refractivity contribution in [2.45, 2.75) is 19.3 Å². The predicted molar refractivity (Wildman–Crippen MR) is 82.9 cm³/mol. The summed E-state index contributed by atoms with van der Waals surface area (Å²) < 4.78 is 0. The van der Waals surface area contributed by atoms with Crippen molar-refractivity contribution in [1.82, 2.24) is 0 Å². The molecule has 0 spiro atoms. The summed E-state index contributed by atoms with van der Waals surface area (Å²) in [5.74, 6) is -0.189. The van der Waals surface area contributed by atoms with Gasteiger partial charge in [-0.05, 0) is 6.42 Å². The van der Waals surface area contributed by atoms with Crippen molar-refractivity contribution in [3.05, 3.63) is 30.7 Å². The molecule has 0 aliphatic rings. The molecule has 1 aromatic rings. The second kappa shape index (κ2) is 7.53. The monoisotopic (exact) mass is 363 g/mol. The van der Waals surface area contributed by atoms with E-state index in [0.29, 0.717) is 6.42 Å². The van der Waals surface area contributed by atoms with Crippen LogP contribution in [0.2, 0.25) is 25.1 Å². The summed E-state index contributed by atoms with van der Waals surface area (Å²) >= 11 is 29.6. The van der Waals surface area contributed by atoms with Crippen LogP contribution in [0.5, 0.6) is 0 Å². The van der Waals surface area contributed by atoms with Gasteiger partial charge in [0.25, 0.3) is 0 Å². The van der Waals surface area contributed by atoms with Crippen LogP contribution in [0, 0.1) is 0 Å². The molecule has 1 aromatic carbocycles. The van der Waals surface area contributed by atoms with E-state index < -0.39 is 0 Å². The van der Waals surface area contributed by atoms with Crippen molar-refractivity contribution in [3.8, 4) is 0 Å². The molecule has 100 valence electrons. The standard InChI is InChI=1S/C11H9Cl5OP/c12-7-6(5(17)3-1-2-4-18)8(13)10(15)11(16)9(7)14/h18H,1-4H2/q-1. The maximum Gasteiger partial charge on any atom is 0.165 e. The van der Waals surface area contributed by atoms with E-state index in [0.717, 1.165) is 19.0 Å². The molecule has 0 heterocycles. The van der Waals surface area contributed by atoms with Gasteiger partial charge in [0, 0.05) is 6.42 Å². The molecule has 0 bridgehead atoms. The van der Waals surface area contributed by atoms with Gasteiger partial charge < -0.3 is 9.24 Å². The van der Waals surface area contributed by atoms with Crippen LogP contribution in [0.25, 0.3) is 0 Å². The van der Waals surface area contributed by atoms with Crippen molar-refractivity contribution in [2.75, 3.05) is 6.16 Å². The lowest BCUT2D eigenvalue weighted by Gasteiger charge is -2.11. The Labute approximate surface area is 133 Å². The number of rotatable bonds is 5. The highest BCUT2D eigenvalue weighted by molar-refractivity contribution is 7.16. The van der Waals surface area contributed by atoms with Crippen LogP contribution in [-0.2, 0) is 0 Å². The molecule has 0 aliphatic heterocycles. The summed E-state index contributed by atoms with van der Waals surface area (Å²) in [7, 11) is 3.34. The minimum atomic E-state index is -0.189. The lowest BCUT2D eigenvalue weighted by atomic mass is 10.1. The first kappa shape index (κ1) is 16.8. The highest BCUT2D eigenvalue weighted by Crippen LogP contribution is 2.44. The Kier molecular flexibility index (Phi) is 7.03. The van der Waals surface area contributed by atoms with Crippen molar-refractivity contribution in [1.29, 1.82) is 0 Å². The Morgan fingerprint density at radius 3 is 1.72 bits per heavy atom.